The number of nitrogens with one attached hydrogen (secondary N) is 1. The van der Waals surface area contributed by atoms with E-state index in [9.17, 15) is 13.2 Å². The maximum Gasteiger partial charge on any atom is 0.252 e. The van der Waals surface area contributed by atoms with Crippen molar-refractivity contribution in [2.24, 2.45) is 0 Å². The zero-order valence-corrected chi connectivity index (χ0v) is 17.2. The molecule has 0 atom stereocenters. The number of imidazole rings is 1. The minimum absolute atomic E-state index is 0.153. The van der Waals surface area contributed by atoms with E-state index in [1.165, 1.54) is 15.6 Å². The molecule has 3 aromatic heterocycles. The van der Waals surface area contributed by atoms with E-state index in [1.54, 1.807) is 12.1 Å². The lowest BCUT2D eigenvalue weighted by molar-refractivity contribution is -0.120. The van der Waals surface area contributed by atoms with Gasteiger partial charge < -0.3 is 9.72 Å². The summed E-state index contributed by atoms with van der Waals surface area (Å²) < 4.78 is 28.9. The number of aryl methyl sites for hydroxylation is 1. The predicted molar refractivity (Wildman–Crippen MR) is 108 cm³/mol. The second kappa shape index (κ2) is 7.65. The van der Waals surface area contributed by atoms with Crippen molar-refractivity contribution in [3.8, 4) is 0 Å². The molecule has 4 rings (SSSR count). The number of fused-ring (bicyclic) bond motifs is 1. The fourth-order valence-corrected chi connectivity index (χ4v) is 6.32. The van der Waals surface area contributed by atoms with E-state index in [1.807, 2.05) is 35.9 Å². The van der Waals surface area contributed by atoms with E-state index < -0.39 is 10.0 Å². The summed E-state index contributed by atoms with van der Waals surface area (Å²) in [4.78, 5) is 17.5. The average Bonchev–Trinajstić information content (AvgIpc) is 3.40. The minimum Gasteiger partial charge on any atom is -0.350 e. The van der Waals surface area contributed by atoms with Crippen LogP contribution in [-0.2, 0) is 27.8 Å². The van der Waals surface area contributed by atoms with E-state index in [2.05, 4.69) is 10.3 Å². The van der Waals surface area contributed by atoms with Crippen molar-refractivity contribution in [1.29, 1.82) is 0 Å². The highest BCUT2D eigenvalue weighted by atomic mass is 32.2. The molecule has 0 saturated carbocycles. The number of thiophene rings is 1. The van der Waals surface area contributed by atoms with Crippen LogP contribution >= 0.6 is 11.3 Å². The third-order valence-electron chi connectivity index (χ3n) is 4.75. The maximum absolute atomic E-state index is 12.6. The lowest BCUT2D eigenvalue weighted by atomic mass is 10.3. The van der Waals surface area contributed by atoms with Gasteiger partial charge in [0.2, 0.25) is 5.91 Å². The van der Waals surface area contributed by atoms with Crippen LogP contribution in [0.2, 0.25) is 0 Å². The van der Waals surface area contributed by atoms with Gasteiger partial charge in [-0.15, -0.1) is 11.3 Å². The second-order valence-electron chi connectivity index (χ2n) is 6.99. The van der Waals surface area contributed by atoms with Gasteiger partial charge in [-0.2, -0.15) is 4.31 Å². The molecule has 0 bridgehead atoms. The number of nitrogens with zero attached hydrogens (tertiary/aromatic N) is 3. The average molecular weight is 419 g/mol. The lowest BCUT2D eigenvalue weighted by Gasteiger charge is -2.13. The quantitative estimate of drug-likeness (QED) is 0.666. The Balaban J connectivity index is 1.36. The van der Waals surface area contributed by atoms with Gasteiger partial charge in [-0.3, -0.25) is 4.79 Å². The SMILES string of the molecule is Cc1ccc2nc(CNC(=O)Cc3ccc(S(=O)(=O)N4CCCC4)s3)cn2c1. The molecule has 4 heterocycles. The van der Waals surface area contributed by atoms with E-state index >= 15 is 0 Å². The number of rotatable bonds is 6. The molecule has 1 aliphatic rings. The molecule has 1 amide bonds. The van der Waals surface area contributed by atoms with Crippen LogP contribution in [0.4, 0.5) is 0 Å². The van der Waals surface area contributed by atoms with Crippen molar-refractivity contribution in [1.82, 2.24) is 19.0 Å². The molecule has 0 aromatic carbocycles. The van der Waals surface area contributed by atoms with Crippen LogP contribution in [0.3, 0.4) is 0 Å². The van der Waals surface area contributed by atoms with Crippen molar-refractivity contribution >= 4 is 32.9 Å². The van der Waals surface area contributed by atoms with Crippen molar-refractivity contribution in [3.63, 3.8) is 0 Å². The molecule has 7 nitrogen and oxygen atoms in total. The summed E-state index contributed by atoms with van der Waals surface area (Å²) in [5.74, 6) is -0.153. The zero-order chi connectivity index (χ0) is 19.7. The first-order valence-corrected chi connectivity index (χ1v) is 11.5. The molecule has 1 fully saturated rings. The first-order valence-electron chi connectivity index (χ1n) is 9.22. The van der Waals surface area contributed by atoms with Gasteiger partial charge >= 0.3 is 0 Å². The van der Waals surface area contributed by atoms with Crippen LogP contribution in [0.25, 0.3) is 5.65 Å². The molecule has 148 valence electrons. The summed E-state index contributed by atoms with van der Waals surface area (Å²) >= 11 is 1.17. The fourth-order valence-electron chi connectivity index (χ4n) is 3.30. The molecular weight excluding hydrogens is 396 g/mol. The Labute approximate surface area is 168 Å². The van der Waals surface area contributed by atoms with Crippen molar-refractivity contribution < 1.29 is 13.2 Å². The Hall–Kier alpha value is -2.23. The van der Waals surface area contributed by atoms with E-state index in [0.29, 0.717) is 23.8 Å². The van der Waals surface area contributed by atoms with Gasteiger partial charge in [0.1, 0.15) is 9.86 Å². The van der Waals surface area contributed by atoms with Crippen LogP contribution in [0, 0.1) is 6.92 Å². The standard InChI is InChI=1S/C19H22N4O3S2/c1-14-4-6-17-21-15(13-22(17)12-14)11-20-18(24)10-16-5-7-19(27-16)28(25,26)23-8-2-3-9-23/h4-7,12-13H,2-3,8-11H2,1H3,(H,20,24). The maximum atomic E-state index is 12.6. The number of hydrogen-bond acceptors (Lipinski definition) is 5. The molecule has 1 N–H and O–H groups in total. The Bertz CT molecular complexity index is 1110. The lowest BCUT2D eigenvalue weighted by Crippen LogP contribution is -2.27. The van der Waals surface area contributed by atoms with E-state index in [-0.39, 0.29) is 12.3 Å². The minimum atomic E-state index is -3.42. The highest BCUT2D eigenvalue weighted by Gasteiger charge is 2.28. The molecule has 1 saturated heterocycles. The number of carbonyl (C=O) groups is 1. The molecule has 0 aliphatic carbocycles. The molecule has 0 spiro atoms. The topological polar surface area (TPSA) is 83.8 Å². The van der Waals surface area contributed by atoms with Crippen LogP contribution in [0.1, 0.15) is 29.0 Å². The van der Waals surface area contributed by atoms with Crippen molar-refractivity contribution in [3.05, 3.63) is 52.8 Å². The van der Waals surface area contributed by atoms with Crippen LogP contribution < -0.4 is 5.32 Å². The molecule has 0 unspecified atom stereocenters. The Morgan fingerprint density at radius 3 is 2.75 bits per heavy atom. The monoisotopic (exact) mass is 418 g/mol. The Morgan fingerprint density at radius 2 is 1.96 bits per heavy atom. The molecule has 28 heavy (non-hydrogen) atoms. The van der Waals surface area contributed by atoms with Gasteiger partial charge in [0, 0.05) is 30.4 Å². The second-order valence-corrected chi connectivity index (χ2v) is 10.3. The molecular formula is C19H22N4O3S2. The Kier molecular flexibility index (Phi) is 5.22. The number of hydrogen-bond donors (Lipinski definition) is 1. The molecule has 1 aliphatic heterocycles. The normalized spacial score (nSPS) is 15.3. The van der Waals surface area contributed by atoms with Gasteiger partial charge in [0.05, 0.1) is 18.7 Å². The van der Waals surface area contributed by atoms with Crippen molar-refractivity contribution in [2.75, 3.05) is 13.1 Å². The smallest absolute Gasteiger partial charge is 0.252 e. The highest BCUT2D eigenvalue weighted by molar-refractivity contribution is 7.91. The largest absolute Gasteiger partial charge is 0.350 e. The summed E-state index contributed by atoms with van der Waals surface area (Å²) in [5.41, 5.74) is 2.75. The van der Waals surface area contributed by atoms with Gasteiger partial charge in [-0.1, -0.05) is 6.07 Å². The third-order valence-corrected chi connectivity index (χ3v) is 8.20. The van der Waals surface area contributed by atoms with Crippen molar-refractivity contribution in [2.45, 2.75) is 36.9 Å². The predicted octanol–water partition coefficient (Wildman–Crippen LogP) is 2.35. The van der Waals surface area contributed by atoms with Gasteiger partial charge in [0.15, 0.2) is 0 Å². The molecule has 0 radical (unpaired) electrons. The highest BCUT2D eigenvalue weighted by Crippen LogP contribution is 2.27. The van der Waals surface area contributed by atoms with Gasteiger partial charge in [0.25, 0.3) is 10.0 Å². The summed E-state index contributed by atoms with van der Waals surface area (Å²) in [6, 6.07) is 7.26. The zero-order valence-electron chi connectivity index (χ0n) is 15.6. The van der Waals surface area contributed by atoms with Crippen LogP contribution in [0.15, 0.2) is 40.9 Å². The van der Waals surface area contributed by atoms with Gasteiger partial charge in [-0.05, 0) is 43.5 Å². The number of amides is 1. The van der Waals surface area contributed by atoms with E-state index in [4.69, 9.17) is 0 Å². The molecule has 9 heteroatoms. The first-order chi connectivity index (χ1) is 13.4. The van der Waals surface area contributed by atoms with Crippen LogP contribution in [0.5, 0.6) is 0 Å². The Morgan fingerprint density at radius 1 is 1.18 bits per heavy atom. The summed E-state index contributed by atoms with van der Waals surface area (Å²) in [6.45, 7) is 3.51. The summed E-state index contributed by atoms with van der Waals surface area (Å²) in [6.07, 6.45) is 5.85. The number of aromatic nitrogens is 2. The summed E-state index contributed by atoms with van der Waals surface area (Å²) in [7, 11) is -3.42. The number of pyridine rings is 1. The molecule has 3 aromatic rings. The van der Waals surface area contributed by atoms with Gasteiger partial charge in [-0.25, -0.2) is 13.4 Å². The van der Waals surface area contributed by atoms with Crippen LogP contribution in [-0.4, -0.2) is 41.1 Å². The number of sulfonamides is 1. The third kappa shape index (κ3) is 3.96. The number of carbonyl (C=O) groups excluding carboxylic acids is 1. The fraction of sp³-hybridized carbons (Fsp3) is 0.368. The van der Waals surface area contributed by atoms with E-state index in [0.717, 1.165) is 34.6 Å². The summed E-state index contributed by atoms with van der Waals surface area (Å²) in [5, 5.41) is 2.86. The first kappa shape index (κ1) is 19.1.